The van der Waals surface area contributed by atoms with Gasteiger partial charge in [-0.3, -0.25) is 9.00 Å². The third-order valence-electron chi connectivity index (χ3n) is 4.07. The summed E-state index contributed by atoms with van der Waals surface area (Å²) in [4.78, 5) is 12.2. The lowest BCUT2D eigenvalue weighted by Crippen LogP contribution is -2.31. The molecule has 27 heavy (non-hydrogen) atoms. The first-order chi connectivity index (χ1) is 12.9. The lowest BCUT2D eigenvalue weighted by molar-refractivity contribution is -0.119. The van der Waals surface area contributed by atoms with Crippen LogP contribution in [0.15, 0.2) is 40.9 Å². The van der Waals surface area contributed by atoms with Gasteiger partial charge in [0.05, 0.1) is 11.8 Å². The molecule has 1 aliphatic rings. The first-order valence-corrected chi connectivity index (χ1v) is 10.7. The predicted octanol–water partition coefficient (Wildman–Crippen LogP) is 3.49. The van der Waals surface area contributed by atoms with Crippen molar-refractivity contribution in [3.63, 3.8) is 0 Å². The van der Waals surface area contributed by atoms with E-state index in [9.17, 15) is 13.4 Å². The summed E-state index contributed by atoms with van der Waals surface area (Å²) >= 11 is 3.25. The van der Waals surface area contributed by atoms with Crippen LogP contribution in [-0.2, 0) is 21.3 Å². The van der Waals surface area contributed by atoms with Crippen molar-refractivity contribution in [2.24, 2.45) is 0 Å². The van der Waals surface area contributed by atoms with Gasteiger partial charge in [0.2, 0.25) is 5.91 Å². The first kappa shape index (κ1) is 19.8. The van der Waals surface area contributed by atoms with E-state index in [1.165, 1.54) is 12.1 Å². The Morgan fingerprint density at radius 3 is 2.70 bits per heavy atom. The second-order valence-corrected chi connectivity index (χ2v) is 8.47. The fraction of sp³-hybridized carbons (Fsp3) is 0.316. The molecule has 1 N–H and O–H groups in total. The maximum absolute atomic E-state index is 13.1. The number of ether oxygens (including phenoxy) is 2. The van der Waals surface area contributed by atoms with Crippen LogP contribution in [0.4, 0.5) is 4.39 Å². The molecule has 0 radical (unpaired) electrons. The minimum absolute atomic E-state index is 0.126. The summed E-state index contributed by atoms with van der Waals surface area (Å²) in [5.41, 5.74) is 1.57. The monoisotopic (exact) mass is 455 g/mol. The van der Waals surface area contributed by atoms with Gasteiger partial charge < -0.3 is 14.8 Å². The topological polar surface area (TPSA) is 64.6 Å². The molecule has 0 saturated heterocycles. The van der Waals surface area contributed by atoms with Crippen LogP contribution in [-0.4, -0.2) is 29.1 Å². The molecule has 5 nitrogen and oxygen atoms in total. The minimum Gasteiger partial charge on any atom is -0.486 e. The Hall–Kier alpha value is -1.93. The number of amides is 1. The van der Waals surface area contributed by atoms with Crippen molar-refractivity contribution in [2.45, 2.75) is 18.7 Å². The van der Waals surface area contributed by atoms with Gasteiger partial charge >= 0.3 is 0 Å². The van der Waals surface area contributed by atoms with E-state index in [4.69, 9.17) is 9.47 Å². The van der Waals surface area contributed by atoms with E-state index in [-0.39, 0.29) is 29.3 Å². The molecular formula is C19H19BrFNO4S. The number of nitrogens with one attached hydrogen (secondary N) is 1. The highest BCUT2D eigenvalue weighted by molar-refractivity contribution is 9.10. The summed E-state index contributed by atoms with van der Waals surface area (Å²) in [6.45, 7) is 2.87. The van der Waals surface area contributed by atoms with Gasteiger partial charge in [0.15, 0.2) is 11.5 Å². The van der Waals surface area contributed by atoms with Crippen molar-refractivity contribution in [2.75, 3.05) is 19.0 Å². The number of fused-ring (bicyclic) bond motifs is 1. The van der Waals surface area contributed by atoms with Gasteiger partial charge in [-0.05, 0) is 42.3 Å². The first-order valence-electron chi connectivity index (χ1n) is 8.40. The number of carbonyl (C=O) groups excluding carboxylic acids is 1. The molecule has 0 spiro atoms. The molecule has 144 valence electrons. The Morgan fingerprint density at radius 1 is 1.22 bits per heavy atom. The van der Waals surface area contributed by atoms with Gasteiger partial charge in [-0.25, -0.2) is 4.39 Å². The molecule has 1 heterocycles. The molecule has 0 saturated carbocycles. The molecule has 2 aromatic rings. The number of carbonyl (C=O) groups is 1. The Kier molecular flexibility index (Phi) is 6.49. The van der Waals surface area contributed by atoms with E-state index in [0.717, 1.165) is 5.56 Å². The van der Waals surface area contributed by atoms with Crippen molar-refractivity contribution in [3.8, 4) is 11.5 Å². The Morgan fingerprint density at radius 2 is 1.96 bits per heavy atom. The largest absolute Gasteiger partial charge is 0.486 e. The number of benzene rings is 2. The van der Waals surface area contributed by atoms with Crippen molar-refractivity contribution in [1.82, 2.24) is 5.32 Å². The van der Waals surface area contributed by atoms with Gasteiger partial charge in [0.1, 0.15) is 24.8 Å². The molecular weight excluding hydrogens is 437 g/mol. The highest BCUT2D eigenvalue weighted by Gasteiger charge is 2.17. The quantitative estimate of drug-likeness (QED) is 0.723. The summed E-state index contributed by atoms with van der Waals surface area (Å²) in [6.07, 6.45) is 0. The molecule has 3 rings (SSSR count). The van der Waals surface area contributed by atoms with Gasteiger partial charge in [-0.1, -0.05) is 28.1 Å². The lowest BCUT2D eigenvalue weighted by atomic mass is 10.1. The number of hydrogen-bond acceptors (Lipinski definition) is 4. The van der Waals surface area contributed by atoms with Crippen LogP contribution in [0.3, 0.4) is 0 Å². The Labute approximate surface area is 167 Å². The van der Waals surface area contributed by atoms with Crippen LogP contribution in [0.1, 0.15) is 24.1 Å². The number of halogens is 2. The van der Waals surface area contributed by atoms with Gasteiger partial charge in [0.25, 0.3) is 0 Å². The van der Waals surface area contributed by atoms with E-state index in [0.29, 0.717) is 34.7 Å². The second kappa shape index (κ2) is 8.84. The van der Waals surface area contributed by atoms with Crippen LogP contribution in [0.25, 0.3) is 0 Å². The fourth-order valence-electron chi connectivity index (χ4n) is 2.71. The summed E-state index contributed by atoms with van der Waals surface area (Å²) in [5, 5.41) is 2.84. The average Bonchev–Trinajstić information content (AvgIpc) is 2.63. The van der Waals surface area contributed by atoms with Crippen LogP contribution >= 0.6 is 15.9 Å². The minimum atomic E-state index is -1.40. The summed E-state index contributed by atoms with van der Waals surface area (Å²) in [7, 11) is -1.40. The third kappa shape index (κ3) is 5.29. The molecule has 1 aliphatic heterocycles. The van der Waals surface area contributed by atoms with Crippen molar-refractivity contribution in [3.05, 3.63) is 57.8 Å². The number of rotatable bonds is 6. The van der Waals surface area contributed by atoms with Crippen LogP contribution in [0.5, 0.6) is 11.5 Å². The molecule has 2 atom stereocenters. The molecule has 0 bridgehead atoms. The summed E-state index contributed by atoms with van der Waals surface area (Å²) in [6, 6.07) is 9.45. The normalized spacial score (nSPS) is 15.1. The van der Waals surface area contributed by atoms with Gasteiger partial charge in [-0.15, -0.1) is 0 Å². The van der Waals surface area contributed by atoms with Crippen molar-refractivity contribution >= 4 is 32.6 Å². The zero-order chi connectivity index (χ0) is 19.4. The van der Waals surface area contributed by atoms with Crippen LogP contribution in [0.2, 0.25) is 0 Å². The standard InChI is InChI=1S/C19H19BrFNO4S/c1-12(13-3-5-17-18(8-13)26-7-6-25-17)22-19(23)11-27(24)10-14-2-4-15(21)9-16(14)20/h2-5,8-9,12H,6-7,10-11H2,1H3,(H,22,23). The Bertz CT molecular complexity index is 877. The molecule has 0 aliphatic carbocycles. The van der Waals surface area contributed by atoms with E-state index in [2.05, 4.69) is 21.2 Å². The highest BCUT2D eigenvalue weighted by atomic mass is 79.9. The second-order valence-electron chi connectivity index (χ2n) is 6.16. The van der Waals surface area contributed by atoms with E-state index >= 15 is 0 Å². The summed E-state index contributed by atoms with van der Waals surface area (Å²) in [5.74, 6) is 0.709. The zero-order valence-corrected chi connectivity index (χ0v) is 17.1. The highest BCUT2D eigenvalue weighted by Crippen LogP contribution is 2.32. The van der Waals surface area contributed by atoms with Crippen molar-refractivity contribution < 1.29 is 22.9 Å². The van der Waals surface area contributed by atoms with Gasteiger partial charge in [-0.2, -0.15) is 0 Å². The van der Waals surface area contributed by atoms with E-state index < -0.39 is 10.8 Å². The molecule has 2 aromatic carbocycles. The molecule has 2 unspecified atom stereocenters. The smallest absolute Gasteiger partial charge is 0.233 e. The van der Waals surface area contributed by atoms with Gasteiger partial charge in [0, 0.05) is 15.3 Å². The third-order valence-corrected chi connectivity index (χ3v) is 6.02. The van der Waals surface area contributed by atoms with Crippen LogP contribution < -0.4 is 14.8 Å². The molecule has 1 amide bonds. The molecule has 0 aromatic heterocycles. The molecule has 0 fully saturated rings. The number of hydrogen-bond donors (Lipinski definition) is 1. The maximum atomic E-state index is 13.1. The van der Waals surface area contributed by atoms with E-state index in [1.54, 1.807) is 6.07 Å². The maximum Gasteiger partial charge on any atom is 0.233 e. The molecule has 8 heteroatoms. The van der Waals surface area contributed by atoms with E-state index in [1.807, 2.05) is 25.1 Å². The summed E-state index contributed by atoms with van der Waals surface area (Å²) < 4.78 is 37.0. The predicted molar refractivity (Wildman–Crippen MR) is 105 cm³/mol. The van der Waals surface area contributed by atoms with Crippen molar-refractivity contribution in [1.29, 1.82) is 0 Å². The Balaban J connectivity index is 1.56. The zero-order valence-electron chi connectivity index (χ0n) is 14.7. The van der Waals surface area contributed by atoms with Crippen LogP contribution in [0, 0.1) is 5.82 Å². The SMILES string of the molecule is CC(NC(=O)CS(=O)Cc1ccc(F)cc1Br)c1ccc2c(c1)OCCO2. The average molecular weight is 456 g/mol. The fourth-order valence-corrected chi connectivity index (χ4v) is 4.46. The lowest BCUT2D eigenvalue weighted by Gasteiger charge is -2.21.